The smallest absolute Gasteiger partial charge is 0.335 e. The first kappa shape index (κ1) is 18.9. The number of thioether (sulfide) groups is 2. The van der Waals surface area contributed by atoms with Crippen molar-refractivity contribution in [3.63, 3.8) is 0 Å². The number of benzene rings is 1. The van der Waals surface area contributed by atoms with Crippen LogP contribution in [-0.4, -0.2) is 44.5 Å². The third-order valence-corrected chi connectivity index (χ3v) is 9.51. The summed E-state index contributed by atoms with van der Waals surface area (Å²) in [5, 5.41) is 9.81. The maximum atomic E-state index is 13.5. The molecule has 0 saturated carbocycles. The highest BCUT2D eigenvalue weighted by Gasteiger charge is 2.75. The fourth-order valence-corrected chi connectivity index (χ4v) is 8.26. The summed E-state index contributed by atoms with van der Waals surface area (Å²) in [5.74, 6) is 0.693. The lowest BCUT2D eigenvalue weighted by atomic mass is 9.76. The number of esters is 1. The molecule has 3 heterocycles. The van der Waals surface area contributed by atoms with E-state index in [9.17, 15) is 14.9 Å². The molecular weight excluding hydrogens is 448 g/mol. The molecular formula is C19H17BrN2O3S2. The molecule has 3 aliphatic heterocycles. The van der Waals surface area contributed by atoms with Gasteiger partial charge >= 0.3 is 5.97 Å². The third-order valence-electron chi connectivity index (χ3n) is 5.32. The minimum absolute atomic E-state index is 0.145. The van der Waals surface area contributed by atoms with Crippen molar-refractivity contribution in [1.29, 1.82) is 5.26 Å². The largest absolute Gasteiger partial charge is 0.464 e. The Morgan fingerprint density at radius 2 is 2.04 bits per heavy atom. The number of nitrogens with zero attached hydrogens (tertiary/aromatic N) is 2. The molecule has 0 N–H and O–H groups in total. The van der Waals surface area contributed by atoms with Crippen molar-refractivity contribution in [1.82, 2.24) is 4.90 Å². The maximum absolute atomic E-state index is 13.5. The molecule has 0 radical (unpaired) electrons. The second-order valence-electron chi connectivity index (χ2n) is 6.53. The Kier molecular flexibility index (Phi) is 4.81. The molecule has 0 unspecified atom stereocenters. The summed E-state index contributed by atoms with van der Waals surface area (Å²) in [5.41, 5.74) is 0.144. The zero-order chi connectivity index (χ0) is 19.2. The van der Waals surface area contributed by atoms with Crippen molar-refractivity contribution in [3.05, 3.63) is 46.1 Å². The van der Waals surface area contributed by atoms with Gasteiger partial charge in [0.05, 0.1) is 18.2 Å². The van der Waals surface area contributed by atoms with Crippen LogP contribution < -0.4 is 0 Å². The Hall–Kier alpha value is -1.43. The van der Waals surface area contributed by atoms with E-state index in [-0.39, 0.29) is 24.9 Å². The molecule has 0 bridgehead atoms. The first-order valence-electron chi connectivity index (χ1n) is 8.66. The highest BCUT2D eigenvalue weighted by atomic mass is 79.9. The van der Waals surface area contributed by atoms with Crippen molar-refractivity contribution in [2.45, 2.75) is 28.9 Å². The number of hydrogen-bond acceptors (Lipinski definition) is 6. The topological polar surface area (TPSA) is 70.4 Å². The monoisotopic (exact) mass is 464 g/mol. The van der Waals surface area contributed by atoms with E-state index in [1.165, 1.54) is 4.90 Å². The molecule has 1 amide bonds. The lowest BCUT2D eigenvalue weighted by Crippen LogP contribution is -2.62. The van der Waals surface area contributed by atoms with Gasteiger partial charge in [0.1, 0.15) is 4.08 Å². The summed E-state index contributed by atoms with van der Waals surface area (Å²) in [7, 11) is 0. The molecule has 2 fully saturated rings. The van der Waals surface area contributed by atoms with E-state index in [0.29, 0.717) is 5.57 Å². The average Bonchev–Trinajstić information content (AvgIpc) is 3.33. The summed E-state index contributed by atoms with van der Waals surface area (Å²) in [6, 6.07) is 9.96. The summed E-state index contributed by atoms with van der Waals surface area (Å²) in [6.45, 7) is 1.99. The highest BCUT2D eigenvalue weighted by Crippen LogP contribution is 2.67. The van der Waals surface area contributed by atoms with E-state index in [0.717, 1.165) is 21.5 Å². The van der Waals surface area contributed by atoms with E-state index < -0.39 is 15.6 Å². The molecule has 2 saturated heterocycles. The van der Waals surface area contributed by atoms with Crippen LogP contribution in [0.25, 0.3) is 0 Å². The van der Waals surface area contributed by atoms with E-state index in [2.05, 4.69) is 22.0 Å². The standard InChI is InChI=1S/C19H17BrN2O3S2/c1-2-25-17(24)18-15(12-3-5-14(20)6-4-12)9-16(23)22(18)11-13(10-21)19(18)26-7-8-27-19/h3-6,11,15H,2,7-9H2,1H3/t15-,18-/m0/s1. The number of ether oxygens (including phenoxy) is 1. The van der Waals surface area contributed by atoms with E-state index in [1.807, 2.05) is 24.3 Å². The fourth-order valence-electron chi connectivity index (χ4n) is 4.33. The van der Waals surface area contributed by atoms with Gasteiger partial charge in [-0.3, -0.25) is 9.69 Å². The predicted octanol–water partition coefficient (Wildman–Crippen LogP) is 3.66. The van der Waals surface area contributed by atoms with Crippen molar-refractivity contribution in [2.24, 2.45) is 0 Å². The van der Waals surface area contributed by atoms with Crippen LogP contribution in [0.4, 0.5) is 0 Å². The molecule has 1 aromatic rings. The molecule has 1 spiro atoms. The van der Waals surface area contributed by atoms with Crippen molar-refractivity contribution >= 4 is 51.3 Å². The van der Waals surface area contributed by atoms with Crippen molar-refractivity contribution < 1.29 is 14.3 Å². The number of carbonyl (C=O) groups excluding carboxylic acids is 2. The fraction of sp³-hybridized carbons (Fsp3) is 0.421. The predicted molar refractivity (Wildman–Crippen MR) is 109 cm³/mol. The number of nitriles is 1. The van der Waals surface area contributed by atoms with Crippen LogP contribution >= 0.6 is 39.5 Å². The summed E-state index contributed by atoms with van der Waals surface area (Å²) in [6.07, 6.45) is 1.81. The number of amides is 1. The van der Waals surface area contributed by atoms with Crippen LogP contribution in [-0.2, 0) is 14.3 Å². The summed E-state index contributed by atoms with van der Waals surface area (Å²) >= 11 is 6.61. The molecule has 1 aromatic carbocycles. The van der Waals surface area contributed by atoms with Crippen LogP contribution in [0.1, 0.15) is 24.8 Å². The van der Waals surface area contributed by atoms with Crippen LogP contribution in [0.5, 0.6) is 0 Å². The highest BCUT2D eigenvalue weighted by molar-refractivity contribution is 9.10. The van der Waals surface area contributed by atoms with Crippen molar-refractivity contribution in [2.75, 3.05) is 18.1 Å². The molecule has 0 aliphatic carbocycles. The summed E-state index contributed by atoms with van der Waals surface area (Å²) < 4.78 is 5.63. The van der Waals surface area contributed by atoms with Gasteiger partial charge in [0, 0.05) is 34.5 Å². The van der Waals surface area contributed by atoms with Gasteiger partial charge in [-0.15, -0.1) is 23.5 Å². The second kappa shape index (κ2) is 6.87. The van der Waals surface area contributed by atoms with Crippen LogP contribution in [0.2, 0.25) is 0 Å². The molecule has 0 aromatic heterocycles. The Morgan fingerprint density at radius 1 is 1.37 bits per heavy atom. The normalized spacial score (nSPS) is 28.2. The molecule has 27 heavy (non-hydrogen) atoms. The van der Waals surface area contributed by atoms with Gasteiger partial charge in [0.15, 0.2) is 5.54 Å². The Balaban J connectivity index is 1.96. The molecule has 8 heteroatoms. The number of fused-ring (bicyclic) bond motifs is 2. The van der Waals surface area contributed by atoms with Gasteiger partial charge in [-0.25, -0.2) is 4.79 Å². The van der Waals surface area contributed by atoms with Gasteiger partial charge in [-0.05, 0) is 24.6 Å². The van der Waals surface area contributed by atoms with E-state index in [4.69, 9.17) is 4.74 Å². The van der Waals surface area contributed by atoms with E-state index in [1.54, 1.807) is 36.6 Å². The summed E-state index contributed by atoms with van der Waals surface area (Å²) in [4.78, 5) is 27.9. The first-order valence-corrected chi connectivity index (χ1v) is 11.4. The Bertz CT molecular complexity index is 874. The van der Waals surface area contributed by atoms with Crippen LogP contribution in [0.3, 0.4) is 0 Å². The van der Waals surface area contributed by atoms with Gasteiger partial charge in [-0.2, -0.15) is 5.26 Å². The van der Waals surface area contributed by atoms with Gasteiger partial charge in [-0.1, -0.05) is 28.1 Å². The molecule has 3 aliphatic rings. The SMILES string of the molecule is CCOC(=O)[C@]12[C@H](c3ccc(Br)cc3)CC(=O)N1C=C(C#N)C21SCCS1. The average molecular weight is 465 g/mol. The lowest BCUT2D eigenvalue weighted by Gasteiger charge is -2.44. The van der Waals surface area contributed by atoms with E-state index >= 15 is 0 Å². The zero-order valence-electron chi connectivity index (χ0n) is 14.6. The number of carbonyl (C=O) groups is 2. The van der Waals surface area contributed by atoms with Crippen molar-refractivity contribution in [3.8, 4) is 6.07 Å². The van der Waals surface area contributed by atoms with Gasteiger partial charge in [0.2, 0.25) is 5.91 Å². The molecule has 2 atom stereocenters. The molecule has 5 nitrogen and oxygen atoms in total. The molecule has 140 valence electrons. The first-order chi connectivity index (χ1) is 13.0. The Labute approximate surface area is 174 Å². The Morgan fingerprint density at radius 3 is 2.63 bits per heavy atom. The number of rotatable bonds is 3. The minimum Gasteiger partial charge on any atom is -0.464 e. The quantitative estimate of drug-likeness (QED) is 0.635. The van der Waals surface area contributed by atoms with Gasteiger partial charge in [0.25, 0.3) is 0 Å². The molecule has 4 rings (SSSR count). The number of hydrogen-bond donors (Lipinski definition) is 0. The second-order valence-corrected chi connectivity index (χ2v) is 10.3. The van der Waals surface area contributed by atoms with Gasteiger partial charge < -0.3 is 4.74 Å². The zero-order valence-corrected chi connectivity index (χ0v) is 17.8. The third kappa shape index (κ3) is 2.44. The number of halogens is 1. The minimum atomic E-state index is -1.23. The lowest BCUT2D eigenvalue weighted by molar-refractivity contribution is -0.157. The maximum Gasteiger partial charge on any atom is 0.335 e. The van der Waals surface area contributed by atoms with Crippen LogP contribution in [0.15, 0.2) is 40.5 Å². The van der Waals surface area contributed by atoms with Crippen LogP contribution in [0, 0.1) is 11.3 Å².